The summed E-state index contributed by atoms with van der Waals surface area (Å²) in [5.41, 5.74) is -0.181. The zero-order valence-electron chi connectivity index (χ0n) is 10.5. The van der Waals surface area contributed by atoms with Crippen LogP contribution in [0, 0.1) is 5.82 Å². The van der Waals surface area contributed by atoms with Crippen LogP contribution in [0.15, 0.2) is 22.7 Å². The fraction of sp³-hybridized carbons (Fsp3) is 0.571. The van der Waals surface area contributed by atoms with Crippen LogP contribution in [0.2, 0.25) is 0 Å². The number of hydrogen-bond donors (Lipinski definition) is 2. The van der Waals surface area contributed by atoms with Gasteiger partial charge in [0.2, 0.25) is 0 Å². The minimum atomic E-state index is -0.709. The van der Waals surface area contributed by atoms with E-state index in [9.17, 15) is 9.50 Å². The first kappa shape index (κ1) is 14.0. The molecule has 4 heteroatoms. The first-order valence-corrected chi connectivity index (χ1v) is 7.18. The van der Waals surface area contributed by atoms with E-state index in [1.807, 2.05) is 13.0 Å². The second-order valence-electron chi connectivity index (χ2n) is 5.24. The molecule has 18 heavy (non-hydrogen) atoms. The maximum Gasteiger partial charge on any atom is 0.129 e. The van der Waals surface area contributed by atoms with Crippen LogP contribution in [0.1, 0.15) is 38.2 Å². The third-order valence-corrected chi connectivity index (χ3v) is 4.21. The first-order valence-electron chi connectivity index (χ1n) is 6.39. The molecular weight excluding hydrogens is 297 g/mol. The van der Waals surface area contributed by atoms with Crippen LogP contribution < -0.4 is 5.32 Å². The van der Waals surface area contributed by atoms with Crippen LogP contribution in [0.5, 0.6) is 0 Å². The van der Waals surface area contributed by atoms with Crippen LogP contribution in [0.3, 0.4) is 0 Å². The van der Waals surface area contributed by atoms with Gasteiger partial charge in [-0.2, -0.15) is 0 Å². The molecule has 0 heterocycles. The van der Waals surface area contributed by atoms with Gasteiger partial charge in [0.05, 0.1) is 12.1 Å². The Balaban J connectivity index is 2.24. The van der Waals surface area contributed by atoms with E-state index in [0.717, 1.165) is 12.8 Å². The van der Waals surface area contributed by atoms with Crippen LogP contribution in [-0.2, 0) is 5.54 Å². The van der Waals surface area contributed by atoms with Gasteiger partial charge in [0.15, 0.2) is 0 Å². The Hall–Kier alpha value is -0.450. The average Bonchev–Trinajstić information content (AvgIpc) is 2.81. The number of halogens is 2. The lowest BCUT2D eigenvalue weighted by Crippen LogP contribution is -2.48. The number of aliphatic hydroxyl groups excluding tert-OH is 1. The molecule has 1 fully saturated rings. The molecule has 0 amide bonds. The maximum absolute atomic E-state index is 14.0. The highest BCUT2D eigenvalue weighted by Gasteiger charge is 2.32. The van der Waals surface area contributed by atoms with Gasteiger partial charge in [-0.3, -0.25) is 0 Å². The molecule has 1 aliphatic carbocycles. The van der Waals surface area contributed by atoms with Crippen molar-refractivity contribution < 1.29 is 9.50 Å². The van der Waals surface area contributed by atoms with Gasteiger partial charge in [0.25, 0.3) is 0 Å². The van der Waals surface area contributed by atoms with Gasteiger partial charge in [-0.15, -0.1) is 0 Å². The summed E-state index contributed by atoms with van der Waals surface area (Å²) in [6, 6.07) is 5.37. The fourth-order valence-corrected chi connectivity index (χ4v) is 3.00. The topological polar surface area (TPSA) is 32.3 Å². The molecule has 2 rings (SSSR count). The van der Waals surface area contributed by atoms with Crippen LogP contribution in [0.25, 0.3) is 0 Å². The molecule has 1 unspecified atom stereocenters. The summed E-state index contributed by atoms with van der Waals surface area (Å²) in [6.45, 7) is 1.75. The Labute approximate surface area is 116 Å². The SMILES string of the molecule is CC(CO)(NC1CCCC1)c1ccc(Br)cc1F. The largest absolute Gasteiger partial charge is 0.394 e. The monoisotopic (exact) mass is 315 g/mol. The van der Waals surface area contributed by atoms with Gasteiger partial charge in [-0.05, 0) is 31.9 Å². The summed E-state index contributed by atoms with van der Waals surface area (Å²) in [4.78, 5) is 0. The van der Waals surface area contributed by atoms with E-state index < -0.39 is 5.54 Å². The molecule has 2 N–H and O–H groups in total. The predicted octanol–water partition coefficient (Wildman–Crippen LogP) is 3.33. The smallest absolute Gasteiger partial charge is 0.129 e. The highest BCUT2D eigenvalue weighted by atomic mass is 79.9. The molecule has 1 aromatic rings. The van der Waals surface area contributed by atoms with Crippen molar-refractivity contribution in [3.8, 4) is 0 Å². The predicted molar refractivity (Wildman–Crippen MR) is 73.9 cm³/mol. The molecule has 0 bridgehead atoms. The van der Waals surface area contributed by atoms with Crippen LogP contribution >= 0.6 is 15.9 Å². The standard InChI is InChI=1S/C14H19BrFNO/c1-14(9-18,17-11-4-2-3-5-11)12-7-6-10(15)8-13(12)16/h6-8,11,17-18H,2-5,9H2,1H3. The molecule has 2 nitrogen and oxygen atoms in total. The zero-order chi connectivity index (χ0) is 13.2. The summed E-state index contributed by atoms with van der Waals surface area (Å²) in [5.74, 6) is -0.286. The highest BCUT2D eigenvalue weighted by molar-refractivity contribution is 9.10. The Morgan fingerprint density at radius 1 is 1.44 bits per heavy atom. The van der Waals surface area contributed by atoms with Crippen molar-refractivity contribution in [2.75, 3.05) is 6.61 Å². The van der Waals surface area contributed by atoms with E-state index in [1.54, 1.807) is 6.07 Å². The van der Waals surface area contributed by atoms with Crippen molar-refractivity contribution >= 4 is 15.9 Å². The summed E-state index contributed by atoms with van der Waals surface area (Å²) in [5, 5.41) is 13.1. The molecular formula is C14H19BrFNO. The molecule has 1 aliphatic rings. The van der Waals surface area contributed by atoms with E-state index in [1.165, 1.54) is 18.9 Å². The average molecular weight is 316 g/mol. The van der Waals surface area contributed by atoms with Gasteiger partial charge in [0, 0.05) is 16.1 Å². The molecule has 100 valence electrons. The highest BCUT2D eigenvalue weighted by Crippen LogP contribution is 2.29. The summed E-state index contributed by atoms with van der Waals surface area (Å²) in [7, 11) is 0. The van der Waals surface area contributed by atoms with E-state index in [0.29, 0.717) is 16.1 Å². The summed E-state index contributed by atoms with van der Waals surface area (Å²) >= 11 is 3.25. The number of benzene rings is 1. The van der Waals surface area contributed by atoms with Crippen molar-refractivity contribution in [1.82, 2.24) is 5.32 Å². The Kier molecular flexibility index (Phi) is 4.41. The van der Waals surface area contributed by atoms with E-state index >= 15 is 0 Å². The molecule has 0 aliphatic heterocycles. The Morgan fingerprint density at radius 3 is 2.67 bits per heavy atom. The number of rotatable bonds is 4. The summed E-state index contributed by atoms with van der Waals surface area (Å²) in [6.07, 6.45) is 4.63. The number of hydrogen-bond acceptors (Lipinski definition) is 2. The van der Waals surface area contributed by atoms with E-state index in [-0.39, 0.29) is 12.4 Å². The molecule has 0 spiro atoms. The van der Waals surface area contributed by atoms with Gasteiger partial charge >= 0.3 is 0 Å². The van der Waals surface area contributed by atoms with Crippen LogP contribution in [0.4, 0.5) is 4.39 Å². The normalized spacial score (nSPS) is 20.0. The molecule has 1 saturated carbocycles. The van der Waals surface area contributed by atoms with Crippen molar-refractivity contribution in [3.63, 3.8) is 0 Å². The zero-order valence-corrected chi connectivity index (χ0v) is 12.1. The lowest BCUT2D eigenvalue weighted by Gasteiger charge is -2.33. The molecule has 0 radical (unpaired) electrons. The second kappa shape index (κ2) is 5.68. The Morgan fingerprint density at radius 2 is 2.11 bits per heavy atom. The number of nitrogens with one attached hydrogen (secondary N) is 1. The van der Waals surface area contributed by atoms with Gasteiger partial charge < -0.3 is 10.4 Å². The minimum Gasteiger partial charge on any atom is -0.394 e. The van der Waals surface area contributed by atoms with Crippen molar-refractivity contribution in [3.05, 3.63) is 34.1 Å². The van der Waals surface area contributed by atoms with Crippen molar-refractivity contribution in [2.24, 2.45) is 0 Å². The third kappa shape index (κ3) is 2.92. The third-order valence-electron chi connectivity index (χ3n) is 3.72. The summed E-state index contributed by atoms with van der Waals surface area (Å²) < 4.78 is 14.7. The first-order chi connectivity index (χ1) is 8.55. The minimum absolute atomic E-state index is 0.109. The van der Waals surface area contributed by atoms with Crippen molar-refractivity contribution in [2.45, 2.75) is 44.2 Å². The lowest BCUT2D eigenvalue weighted by atomic mass is 9.91. The number of aliphatic hydroxyl groups is 1. The quantitative estimate of drug-likeness (QED) is 0.893. The van der Waals surface area contributed by atoms with Crippen molar-refractivity contribution in [1.29, 1.82) is 0 Å². The lowest BCUT2D eigenvalue weighted by molar-refractivity contribution is 0.157. The van der Waals surface area contributed by atoms with Gasteiger partial charge in [-0.25, -0.2) is 4.39 Å². The molecule has 0 saturated heterocycles. The Bertz CT molecular complexity index is 420. The van der Waals surface area contributed by atoms with Gasteiger partial charge in [-0.1, -0.05) is 34.8 Å². The van der Waals surface area contributed by atoms with E-state index in [4.69, 9.17) is 0 Å². The van der Waals surface area contributed by atoms with E-state index in [2.05, 4.69) is 21.2 Å². The molecule has 0 aromatic heterocycles. The fourth-order valence-electron chi connectivity index (χ4n) is 2.67. The molecule has 1 atom stereocenters. The second-order valence-corrected chi connectivity index (χ2v) is 6.16. The van der Waals surface area contributed by atoms with Gasteiger partial charge in [0.1, 0.15) is 5.82 Å². The van der Waals surface area contributed by atoms with Crippen LogP contribution in [-0.4, -0.2) is 17.8 Å². The molecule has 1 aromatic carbocycles. The maximum atomic E-state index is 14.0.